The van der Waals surface area contributed by atoms with Gasteiger partial charge in [-0.25, -0.2) is 18.6 Å². The van der Waals surface area contributed by atoms with Gasteiger partial charge >= 0.3 is 12.3 Å². The van der Waals surface area contributed by atoms with E-state index in [-0.39, 0.29) is 0 Å². The smallest absolute Gasteiger partial charge is 0.464 e. The summed E-state index contributed by atoms with van der Waals surface area (Å²) in [6, 6.07) is 0. The molecule has 5 nitrogen and oxygen atoms in total. The van der Waals surface area contributed by atoms with Gasteiger partial charge in [0.2, 0.25) is 0 Å². The monoisotopic (exact) mass is 300 g/mol. The summed E-state index contributed by atoms with van der Waals surface area (Å²) in [6.45, 7) is -0.528. The van der Waals surface area contributed by atoms with Gasteiger partial charge in [0, 0.05) is 18.3 Å². The maximum Gasteiger partial charge on any atom is 0.573 e. The van der Waals surface area contributed by atoms with E-state index in [4.69, 9.17) is 5.73 Å². The van der Waals surface area contributed by atoms with Crippen LogP contribution in [0.4, 0.5) is 22.0 Å². The van der Waals surface area contributed by atoms with Gasteiger partial charge in [-0.3, -0.25) is 0 Å². The minimum Gasteiger partial charge on any atom is -0.464 e. The molecule has 0 spiro atoms. The van der Waals surface area contributed by atoms with Gasteiger partial charge in [-0.15, -0.1) is 13.2 Å². The van der Waals surface area contributed by atoms with Crippen LogP contribution in [0, 0.1) is 0 Å². The van der Waals surface area contributed by atoms with Gasteiger partial charge in [-0.1, -0.05) is 0 Å². The molecule has 1 aromatic heterocycles. The number of aromatic nitrogens is 1. The quantitative estimate of drug-likeness (QED) is 0.681. The zero-order valence-electron chi connectivity index (χ0n) is 10.0. The molecule has 112 valence electrons. The molecule has 0 bridgehead atoms. The molecule has 1 rings (SSSR count). The van der Waals surface area contributed by atoms with Crippen molar-refractivity contribution in [2.45, 2.75) is 19.3 Å². The second kappa shape index (κ2) is 5.99. The molecule has 2 N–H and O–H groups in total. The number of nitrogens with zero attached hydrogens (tertiary/aromatic N) is 1. The highest BCUT2D eigenvalue weighted by Crippen LogP contribution is 2.37. The molecule has 0 aliphatic heterocycles. The molecule has 0 fully saturated rings. The van der Waals surface area contributed by atoms with Crippen LogP contribution in [0.25, 0.3) is 0 Å². The van der Waals surface area contributed by atoms with Crippen LogP contribution in [0.2, 0.25) is 0 Å². The number of halogens is 5. The molecule has 20 heavy (non-hydrogen) atoms. The number of nitrogens with two attached hydrogens (primary N) is 1. The molecule has 1 heterocycles. The molecule has 0 atom stereocenters. The fourth-order valence-corrected chi connectivity index (χ4v) is 1.39. The van der Waals surface area contributed by atoms with Gasteiger partial charge in [0.25, 0.3) is 6.43 Å². The summed E-state index contributed by atoms with van der Waals surface area (Å²) < 4.78 is 70.4. The Kier molecular flexibility index (Phi) is 4.82. The summed E-state index contributed by atoms with van der Waals surface area (Å²) in [5, 5.41) is 0. The first-order chi connectivity index (χ1) is 9.21. The largest absolute Gasteiger partial charge is 0.573 e. The highest BCUT2D eigenvalue weighted by Gasteiger charge is 2.37. The van der Waals surface area contributed by atoms with Crippen LogP contribution < -0.4 is 10.5 Å². The van der Waals surface area contributed by atoms with Crippen molar-refractivity contribution in [3.63, 3.8) is 0 Å². The molecule has 0 saturated heterocycles. The first-order valence-corrected chi connectivity index (χ1v) is 5.05. The molecule has 0 saturated carbocycles. The SMILES string of the molecule is COC(=O)c1ncc(CN)c(OC(F)(F)F)c1C(F)F. The second-order valence-electron chi connectivity index (χ2n) is 3.42. The van der Waals surface area contributed by atoms with Crippen molar-refractivity contribution in [1.82, 2.24) is 4.98 Å². The molecular weight excluding hydrogens is 291 g/mol. The fourth-order valence-electron chi connectivity index (χ4n) is 1.39. The molecule has 0 amide bonds. The van der Waals surface area contributed by atoms with Gasteiger partial charge < -0.3 is 15.2 Å². The molecule has 0 aliphatic carbocycles. The van der Waals surface area contributed by atoms with E-state index in [0.717, 1.165) is 13.3 Å². The summed E-state index contributed by atoms with van der Waals surface area (Å²) in [5.74, 6) is -2.54. The van der Waals surface area contributed by atoms with Gasteiger partial charge in [-0.2, -0.15) is 0 Å². The Hall–Kier alpha value is -1.97. The maximum absolute atomic E-state index is 12.9. The fraction of sp³-hybridized carbons (Fsp3) is 0.400. The van der Waals surface area contributed by atoms with Gasteiger partial charge in [-0.05, 0) is 0 Å². The molecule has 1 aromatic rings. The van der Waals surface area contributed by atoms with E-state index in [1.54, 1.807) is 0 Å². The topological polar surface area (TPSA) is 74.4 Å². The lowest BCUT2D eigenvalue weighted by molar-refractivity contribution is -0.275. The van der Waals surface area contributed by atoms with Crippen molar-refractivity contribution in [2.24, 2.45) is 5.73 Å². The van der Waals surface area contributed by atoms with Gasteiger partial charge in [0.05, 0.1) is 12.7 Å². The predicted molar refractivity (Wildman–Crippen MR) is 55.1 cm³/mol. The van der Waals surface area contributed by atoms with Crippen LogP contribution in [-0.4, -0.2) is 24.4 Å². The Morgan fingerprint density at radius 3 is 2.45 bits per heavy atom. The highest BCUT2D eigenvalue weighted by molar-refractivity contribution is 5.89. The Balaban J connectivity index is 3.53. The van der Waals surface area contributed by atoms with Crippen molar-refractivity contribution in [1.29, 1.82) is 0 Å². The molecule has 0 radical (unpaired) electrons. The van der Waals surface area contributed by atoms with E-state index in [1.807, 2.05) is 0 Å². The van der Waals surface area contributed by atoms with Crippen LogP contribution in [0.3, 0.4) is 0 Å². The first kappa shape index (κ1) is 16.1. The molecule has 10 heteroatoms. The molecule has 0 aliphatic rings. The predicted octanol–water partition coefficient (Wildman–Crippen LogP) is 2.16. The second-order valence-corrected chi connectivity index (χ2v) is 3.42. The number of alkyl halides is 5. The summed E-state index contributed by atoms with van der Waals surface area (Å²) in [4.78, 5) is 14.6. The average Bonchev–Trinajstić information content (AvgIpc) is 2.35. The van der Waals surface area contributed by atoms with Crippen LogP contribution in [0.1, 0.15) is 28.0 Å². The van der Waals surface area contributed by atoms with Crippen molar-refractivity contribution in [2.75, 3.05) is 7.11 Å². The summed E-state index contributed by atoms with van der Waals surface area (Å²) >= 11 is 0. The van der Waals surface area contributed by atoms with Crippen molar-refractivity contribution >= 4 is 5.97 Å². The van der Waals surface area contributed by atoms with E-state index in [0.29, 0.717) is 0 Å². The third-order valence-electron chi connectivity index (χ3n) is 2.18. The highest BCUT2D eigenvalue weighted by atomic mass is 19.4. The number of esters is 1. The Morgan fingerprint density at radius 1 is 1.45 bits per heavy atom. The van der Waals surface area contributed by atoms with Crippen LogP contribution in [-0.2, 0) is 11.3 Å². The lowest BCUT2D eigenvalue weighted by Gasteiger charge is -2.17. The van der Waals surface area contributed by atoms with Crippen LogP contribution >= 0.6 is 0 Å². The molecular formula is C10H9F5N2O3. The van der Waals surface area contributed by atoms with E-state index in [1.165, 1.54) is 0 Å². The lowest BCUT2D eigenvalue weighted by atomic mass is 10.1. The molecule has 0 unspecified atom stereocenters. The Bertz CT molecular complexity index is 504. The van der Waals surface area contributed by atoms with Crippen molar-refractivity contribution in [3.05, 3.63) is 23.0 Å². The normalized spacial score (nSPS) is 11.6. The van der Waals surface area contributed by atoms with Crippen LogP contribution in [0.15, 0.2) is 6.20 Å². The first-order valence-electron chi connectivity index (χ1n) is 5.05. The zero-order valence-corrected chi connectivity index (χ0v) is 10.0. The number of carbonyl (C=O) groups is 1. The van der Waals surface area contributed by atoms with Crippen molar-refractivity contribution < 1.29 is 36.2 Å². The summed E-state index contributed by atoms with van der Waals surface area (Å²) in [7, 11) is 0.875. The standard InChI is InChI=1S/C10H9F5N2O3/c1-19-9(18)6-5(8(11)12)7(20-10(13,14)15)4(2-16)3-17-6/h3,8H,2,16H2,1H3. The number of ether oxygens (including phenoxy) is 2. The number of methoxy groups -OCH3 is 1. The average molecular weight is 300 g/mol. The van der Waals surface area contributed by atoms with E-state index < -0.39 is 47.9 Å². The maximum atomic E-state index is 12.9. The number of rotatable bonds is 4. The third-order valence-corrected chi connectivity index (χ3v) is 2.18. The molecule has 0 aromatic carbocycles. The van der Waals surface area contributed by atoms with E-state index in [2.05, 4.69) is 14.5 Å². The minimum absolute atomic E-state index is 0.412. The summed E-state index contributed by atoms with van der Waals surface area (Å²) in [6.07, 6.45) is -7.90. The van der Waals surface area contributed by atoms with Gasteiger partial charge in [0.1, 0.15) is 5.75 Å². The van der Waals surface area contributed by atoms with Gasteiger partial charge in [0.15, 0.2) is 5.69 Å². The summed E-state index contributed by atoms with van der Waals surface area (Å²) in [5.41, 5.74) is 2.47. The van der Waals surface area contributed by atoms with Crippen molar-refractivity contribution in [3.8, 4) is 5.75 Å². The minimum atomic E-state index is -5.22. The third kappa shape index (κ3) is 3.53. The number of hydrogen-bond acceptors (Lipinski definition) is 5. The van der Waals surface area contributed by atoms with E-state index >= 15 is 0 Å². The zero-order chi connectivity index (χ0) is 15.5. The number of hydrogen-bond donors (Lipinski definition) is 1. The number of pyridine rings is 1. The lowest BCUT2D eigenvalue weighted by Crippen LogP contribution is -2.22. The Labute approximate surface area is 109 Å². The number of carbonyl (C=O) groups excluding carboxylic acids is 1. The van der Waals surface area contributed by atoms with E-state index in [9.17, 15) is 26.7 Å². The Morgan fingerprint density at radius 2 is 2.05 bits per heavy atom. The van der Waals surface area contributed by atoms with Crippen LogP contribution in [0.5, 0.6) is 5.75 Å².